The van der Waals surface area contributed by atoms with Gasteiger partial charge in [0.05, 0.1) is 5.75 Å². The van der Waals surface area contributed by atoms with Crippen LogP contribution < -0.4 is 0 Å². The summed E-state index contributed by atoms with van der Waals surface area (Å²) in [4.78, 5) is 18.4. The summed E-state index contributed by atoms with van der Waals surface area (Å²) in [6.07, 6.45) is 1.77. The highest BCUT2D eigenvalue weighted by atomic mass is 32.2. The van der Waals surface area contributed by atoms with Gasteiger partial charge in [0, 0.05) is 19.7 Å². The third kappa shape index (κ3) is 3.39. The predicted octanol–water partition coefficient (Wildman–Crippen LogP) is 2.15. The van der Waals surface area contributed by atoms with Gasteiger partial charge in [-0.25, -0.2) is 4.98 Å². The summed E-state index contributed by atoms with van der Waals surface area (Å²) in [5.74, 6) is 0.898. The number of benzene rings is 1. The van der Waals surface area contributed by atoms with Crippen LogP contribution in [0.5, 0.6) is 0 Å². The Morgan fingerprint density at radius 3 is 3.14 bits per heavy atom. The zero-order valence-electron chi connectivity index (χ0n) is 11.7. The first-order valence-electron chi connectivity index (χ1n) is 7.13. The van der Waals surface area contributed by atoms with Crippen LogP contribution in [0.1, 0.15) is 12.8 Å². The summed E-state index contributed by atoms with van der Waals surface area (Å²) in [7, 11) is 0. The Balaban J connectivity index is 1.54. The Labute approximate surface area is 127 Å². The van der Waals surface area contributed by atoms with Gasteiger partial charge in [0.2, 0.25) is 5.91 Å². The lowest BCUT2D eigenvalue weighted by molar-refractivity contribution is -0.127. The number of hydrogen-bond donors (Lipinski definition) is 1. The van der Waals surface area contributed by atoms with E-state index in [9.17, 15) is 4.79 Å². The standard InChI is InChI=1S/C15H18N2O3S/c18-8-6-11-5-7-17(9-11)14(19)10-21-15-16-12-3-1-2-4-13(12)20-15/h1-4,11,18H,5-10H2. The van der Waals surface area contributed by atoms with Crippen molar-refractivity contribution in [2.75, 3.05) is 25.4 Å². The minimum Gasteiger partial charge on any atom is -0.431 e. The fraction of sp³-hybridized carbons (Fsp3) is 0.467. The molecular weight excluding hydrogens is 288 g/mol. The van der Waals surface area contributed by atoms with Gasteiger partial charge in [0.15, 0.2) is 5.58 Å². The number of amides is 1. The number of aliphatic hydroxyl groups is 1. The second kappa shape index (κ2) is 6.49. The SMILES string of the molecule is O=C(CSc1nc2ccccc2o1)N1CCC(CCO)C1. The van der Waals surface area contributed by atoms with Crippen LogP contribution in [0.4, 0.5) is 0 Å². The quantitative estimate of drug-likeness (QED) is 0.857. The summed E-state index contributed by atoms with van der Waals surface area (Å²) in [5, 5.41) is 9.48. The minimum absolute atomic E-state index is 0.114. The van der Waals surface area contributed by atoms with Crippen molar-refractivity contribution in [3.8, 4) is 0 Å². The van der Waals surface area contributed by atoms with Crippen molar-refractivity contribution < 1.29 is 14.3 Å². The van der Waals surface area contributed by atoms with Crippen LogP contribution in [-0.4, -0.2) is 46.3 Å². The van der Waals surface area contributed by atoms with Crippen molar-refractivity contribution in [2.45, 2.75) is 18.1 Å². The Morgan fingerprint density at radius 2 is 2.33 bits per heavy atom. The molecule has 0 radical (unpaired) electrons. The van der Waals surface area contributed by atoms with Gasteiger partial charge in [-0.05, 0) is 30.9 Å². The molecule has 6 heteroatoms. The minimum atomic E-state index is 0.114. The Morgan fingerprint density at radius 1 is 1.48 bits per heavy atom. The van der Waals surface area contributed by atoms with E-state index in [1.165, 1.54) is 11.8 Å². The molecule has 1 aromatic heterocycles. The van der Waals surface area contributed by atoms with Gasteiger partial charge in [0.25, 0.3) is 5.22 Å². The van der Waals surface area contributed by atoms with Crippen molar-refractivity contribution >= 4 is 28.8 Å². The average Bonchev–Trinajstić information content (AvgIpc) is 3.11. The van der Waals surface area contributed by atoms with E-state index in [4.69, 9.17) is 9.52 Å². The summed E-state index contributed by atoms with van der Waals surface area (Å²) >= 11 is 1.34. The van der Waals surface area contributed by atoms with E-state index in [1.807, 2.05) is 29.2 Å². The number of carbonyl (C=O) groups is 1. The molecular formula is C15H18N2O3S. The van der Waals surface area contributed by atoms with E-state index >= 15 is 0 Å². The zero-order valence-corrected chi connectivity index (χ0v) is 12.5. The molecule has 1 unspecified atom stereocenters. The Hall–Kier alpha value is -1.53. The highest BCUT2D eigenvalue weighted by Gasteiger charge is 2.25. The lowest BCUT2D eigenvalue weighted by atomic mass is 10.1. The Bertz CT molecular complexity index is 595. The normalized spacial score (nSPS) is 18.5. The van der Waals surface area contributed by atoms with Gasteiger partial charge in [-0.15, -0.1) is 0 Å². The van der Waals surface area contributed by atoms with Gasteiger partial charge in [-0.2, -0.15) is 0 Å². The maximum absolute atomic E-state index is 12.2. The molecule has 1 N–H and O–H groups in total. The molecule has 1 atom stereocenters. The first-order valence-corrected chi connectivity index (χ1v) is 8.12. The largest absolute Gasteiger partial charge is 0.431 e. The maximum atomic E-state index is 12.2. The van der Waals surface area contributed by atoms with Crippen molar-refractivity contribution in [1.29, 1.82) is 0 Å². The molecule has 1 amide bonds. The summed E-state index contributed by atoms with van der Waals surface area (Å²) in [6.45, 7) is 1.75. The highest BCUT2D eigenvalue weighted by molar-refractivity contribution is 7.99. The van der Waals surface area contributed by atoms with E-state index in [2.05, 4.69) is 4.98 Å². The summed E-state index contributed by atoms with van der Waals surface area (Å²) < 4.78 is 5.59. The van der Waals surface area contributed by atoms with Gasteiger partial charge >= 0.3 is 0 Å². The van der Waals surface area contributed by atoms with Gasteiger partial charge in [-0.1, -0.05) is 23.9 Å². The molecule has 1 aliphatic rings. The number of oxazole rings is 1. The van der Waals surface area contributed by atoms with Crippen LogP contribution in [-0.2, 0) is 4.79 Å². The molecule has 1 saturated heterocycles. The number of thioether (sulfide) groups is 1. The number of likely N-dealkylation sites (tertiary alicyclic amines) is 1. The summed E-state index contributed by atoms with van der Waals surface area (Å²) in [6, 6.07) is 7.58. The number of aliphatic hydroxyl groups excluding tert-OH is 1. The number of rotatable bonds is 5. The second-order valence-electron chi connectivity index (χ2n) is 5.24. The first kappa shape index (κ1) is 14.4. The molecule has 3 rings (SSSR count). The maximum Gasteiger partial charge on any atom is 0.257 e. The number of hydrogen-bond acceptors (Lipinski definition) is 5. The molecule has 1 fully saturated rings. The van der Waals surface area contributed by atoms with E-state index in [-0.39, 0.29) is 12.5 Å². The zero-order chi connectivity index (χ0) is 14.7. The molecule has 1 aliphatic heterocycles. The van der Waals surface area contributed by atoms with E-state index in [0.717, 1.165) is 37.0 Å². The van der Waals surface area contributed by atoms with Crippen LogP contribution in [0.2, 0.25) is 0 Å². The van der Waals surface area contributed by atoms with Gasteiger partial charge < -0.3 is 14.4 Å². The third-order valence-corrected chi connectivity index (χ3v) is 4.58. The molecule has 0 saturated carbocycles. The van der Waals surface area contributed by atoms with E-state index in [1.54, 1.807) is 0 Å². The average molecular weight is 306 g/mol. The van der Waals surface area contributed by atoms with E-state index < -0.39 is 0 Å². The number of fused-ring (bicyclic) bond motifs is 1. The van der Waals surface area contributed by atoms with E-state index in [0.29, 0.717) is 16.9 Å². The molecule has 1 aromatic carbocycles. The van der Waals surface area contributed by atoms with Crippen LogP contribution in [0.15, 0.2) is 33.9 Å². The molecule has 2 aromatic rings. The number of aromatic nitrogens is 1. The fourth-order valence-electron chi connectivity index (χ4n) is 2.60. The lowest BCUT2D eigenvalue weighted by Crippen LogP contribution is -2.30. The first-order chi connectivity index (χ1) is 10.3. The number of para-hydroxylation sites is 2. The molecule has 0 aliphatic carbocycles. The molecule has 0 spiro atoms. The smallest absolute Gasteiger partial charge is 0.257 e. The monoisotopic (exact) mass is 306 g/mol. The van der Waals surface area contributed by atoms with Crippen LogP contribution in [0.3, 0.4) is 0 Å². The second-order valence-corrected chi connectivity index (χ2v) is 6.17. The van der Waals surface area contributed by atoms with Gasteiger partial charge in [0.1, 0.15) is 5.52 Å². The van der Waals surface area contributed by atoms with Crippen molar-refractivity contribution in [2.24, 2.45) is 5.92 Å². The topological polar surface area (TPSA) is 66.6 Å². The lowest BCUT2D eigenvalue weighted by Gasteiger charge is -2.15. The molecule has 5 nitrogen and oxygen atoms in total. The van der Waals surface area contributed by atoms with Crippen LogP contribution in [0.25, 0.3) is 11.1 Å². The predicted molar refractivity (Wildman–Crippen MR) is 81.1 cm³/mol. The number of carbonyl (C=O) groups excluding carboxylic acids is 1. The van der Waals surface area contributed by atoms with Crippen LogP contribution >= 0.6 is 11.8 Å². The van der Waals surface area contributed by atoms with Crippen molar-refractivity contribution in [1.82, 2.24) is 9.88 Å². The summed E-state index contributed by atoms with van der Waals surface area (Å²) in [5.41, 5.74) is 1.56. The number of nitrogens with zero attached hydrogens (tertiary/aromatic N) is 2. The van der Waals surface area contributed by atoms with Crippen molar-refractivity contribution in [3.63, 3.8) is 0 Å². The molecule has 0 bridgehead atoms. The third-order valence-electron chi connectivity index (χ3n) is 3.77. The van der Waals surface area contributed by atoms with Crippen LogP contribution in [0, 0.1) is 5.92 Å². The van der Waals surface area contributed by atoms with Crippen molar-refractivity contribution in [3.05, 3.63) is 24.3 Å². The van der Waals surface area contributed by atoms with Gasteiger partial charge in [-0.3, -0.25) is 4.79 Å². The molecule has 21 heavy (non-hydrogen) atoms. The fourth-order valence-corrected chi connectivity index (χ4v) is 3.35. The molecule has 112 valence electrons. The Kier molecular flexibility index (Phi) is 4.45. The molecule has 2 heterocycles. The highest BCUT2D eigenvalue weighted by Crippen LogP contribution is 2.25.